The Kier molecular flexibility index (Phi) is 5.14. The van der Waals surface area contributed by atoms with Crippen molar-refractivity contribution in [2.24, 2.45) is 0 Å². The minimum absolute atomic E-state index is 0.284. The number of carbonyl (C=O) groups excluding carboxylic acids is 1. The first-order valence-corrected chi connectivity index (χ1v) is 10.5. The van der Waals surface area contributed by atoms with Gasteiger partial charge in [0, 0.05) is 16.8 Å². The molecule has 0 saturated heterocycles. The van der Waals surface area contributed by atoms with E-state index in [1.165, 1.54) is 0 Å². The number of aromatic amines is 1. The van der Waals surface area contributed by atoms with E-state index in [0.29, 0.717) is 67.9 Å². The van der Waals surface area contributed by atoms with Gasteiger partial charge in [0.25, 0.3) is 5.91 Å². The third-order valence-electron chi connectivity index (χ3n) is 4.81. The van der Waals surface area contributed by atoms with Crippen molar-refractivity contribution in [1.29, 1.82) is 0 Å². The van der Waals surface area contributed by atoms with Gasteiger partial charge < -0.3 is 19.8 Å². The Labute approximate surface area is 192 Å². The van der Waals surface area contributed by atoms with Crippen LogP contribution >= 0.6 is 34.8 Å². The summed E-state index contributed by atoms with van der Waals surface area (Å²) < 4.78 is 11.0. The molecule has 5 rings (SSSR count). The molecule has 2 N–H and O–H groups in total. The molecule has 156 valence electrons. The fourth-order valence-electron chi connectivity index (χ4n) is 3.30. The second-order valence-corrected chi connectivity index (χ2v) is 8.10. The molecule has 0 bridgehead atoms. The molecule has 1 aliphatic heterocycles. The van der Waals surface area contributed by atoms with Gasteiger partial charge >= 0.3 is 0 Å². The molecule has 2 heterocycles. The van der Waals surface area contributed by atoms with Crippen molar-refractivity contribution in [2.45, 2.75) is 0 Å². The number of hydrogen-bond acceptors (Lipinski definition) is 4. The minimum Gasteiger partial charge on any atom is -0.486 e. The highest BCUT2D eigenvalue weighted by molar-refractivity contribution is 6.42. The van der Waals surface area contributed by atoms with Gasteiger partial charge in [0.2, 0.25) is 0 Å². The molecule has 0 spiro atoms. The van der Waals surface area contributed by atoms with Gasteiger partial charge in [-0.15, -0.1) is 0 Å². The zero-order valence-corrected chi connectivity index (χ0v) is 18.1. The molecule has 0 radical (unpaired) electrons. The van der Waals surface area contributed by atoms with Gasteiger partial charge in [-0.2, -0.15) is 0 Å². The third-order valence-corrected chi connectivity index (χ3v) is 5.86. The Bertz CT molecular complexity index is 1300. The van der Waals surface area contributed by atoms with Crippen molar-refractivity contribution in [3.05, 3.63) is 69.2 Å². The first-order chi connectivity index (χ1) is 15.0. The number of nitrogens with zero attached hydrogens (tertiary/aromatic N) is 1. The number of fused-ring (bicyclic) bond motifs is 2. The highest BCUT2D eigenvalue weighted by atomic mass is 35.5. The van der Waals surface area contributed by atoms with Crippen molar-refractivity contribution in [1.82, 2.24) is 9.97 Å². The fraction of sp³-hybridized carbons (Fsp3) is 0.0909. The quantitative estimate of drug-likeness (QED) is 0.370. The Morgan fingerprint density at radius 3 is 2.52 bits per heavy atom. The highest BCUT2D eigenvalue weighted by Gasteiger charge is 2.16. The smallest absolute Gasteiger partial charge is 0.255 e. The molecule has 0 atom stereocenters. The van der Waals surface area contributed by atoms with Crippen LogP contribution in [0.15, 0.2) is 48.5 Å². The zero-order chi connectivity index (χ0) is 21.5. The second-order valence-electron chi connectivity index (χ2n) is 6.88. The predicted molar refractivity (Wildman–Crippen MR) is 122 cm³/mol. The van der Waals surface area contributed by atoms with Crippen LogP contribution in [0, 0.1) is 0 Å². The van der Waals surface area contributed by atoms with Crippen LogP contribution in [0.5, 0.6) is 11.5 Å². The number of amides is 1. The van der Waals surface area contributed by atoms with Gasteiger partial charge in [0.1, 0.15) is 19.0 Å². The van der Waals surface area contributed by atoms with Gasteiger partial charge in [0.05, 0.1) is 26.1 Å². The van der Waals surface area contributed by atoms with Crippen molar-refractivity contribution in [2.75, 3.05) is 18.5 Å². The maximum Gasteiger partial charge on any atom is 0.255 e. The number of nitrogens with one attached hydrogen (secondary N) is 2. The number of H-pyrrole nitrogens is 1. The second kappa shape index (κ2) is 7.96. The van der Waals surface area contributed by atoms with Crippen molar-refractivity contribution >= 4 is 57.4 Å². The molecule has 4 aromatic rings. The van der Waals surface area contributed by atoms with E-state index in [9.17, 15) is 4.79 Å². The number of imidazole rings is 1. The summed E-state index contributed by atoms with van der Waals surface area (Å²) in [6.07, 6.45) is 0. The van der Waals surface area contributed by atoms with Gasteiger partial charge in [-0.1, -0.05) is 34.8 Å². The van der Waals surface area contributed by atoms with Crippen LogP contribution in [0.2, 0.25) is 15.1 Å². The zero-order valence-electron chi connectivity index (χ0n) is 15.8. The van der Waals surface area contributed by atoms with Crippen LogP contribution in [0.3, 0.4) is 0 Å². The van der Waals surface area contributed by atoms with E-state index in [-0.39, 0.29) is 5.91 Å². The summed E-state index contributed by atoms with van der Waals surface area (Å²) in [6.45, 7) is 0.943. The first kappa shape index (κ1) is 20.0. The lowest BCUT2D eigenvalue weighted by Gasteiger charge is -2.18. The number of hydrogen-bond donors (Lipinski definition) is 2. The summed E-state index contributed by atoms with van der Waals surface area (Å²) in [6, 6.07) is 13.6. The first-order valence-electron chi connectivity index (χ1n) is 9.33. The third kappa shape index (κ3) is 3.90. The average Bonchev–Trinajstić information content (AvgIpc) is 3.17. The summed E-state index contributed by atoms with van der Waals surface area (Å²) in [5.41, 5.74) is 3.03. The summed E-state index contributed by atoms with van der Waals surface area (Å²) >= 11 is 18.6. The van der Waals surface area contributed by atoms with Crippen LogP contribution in [-0.4, -0.2) is 29.1 Å². The molecule has 1 aromatic heterocycles. The molecular weight excluding hydrogens is 461 g/mol. The van der Waals surface area contributed by atoms with E-state index >= 15 is 0 Å². The molecule has 9 heteroatoms. The molecule has 0 unspecified atom stereocenters. The lowest BCUT2D eigenvalue weighted by Crippen LogP contribution is -2.17. The number of benzene rings is 3. The van der Waals surface area contributed by atoms with Gasteiger partial charge in [-0.25, -0.2) is 4.98 Å². The normalized spacial score (nSPS) is 12.7. The topological polar surface area (TPSA) is 76.2 Å². The molecule has 0 saturated carbocycles. The van der Waals surface area contributed by atoms with E-state index < -0.39 is 0 Å². The monoisotopic (exact) mass is 473 g/mol. The van der Waals surface area contributed by atoms with E-state index in [1.54, 1.807) is 48.5 Å². The van der Waals surface area contributed by atoms with Gasteiger partial charge in [0.15, 0.2) is 11.5 Å². The Balaban J connectivity index is 1.44. The number of carbonyl (C=O) groups is 1. The van der Waals surface area contributed by atoms with Crippen LogP contribution in [-0.2, 0) is 0 Å². The maximum atomic E-state index is 12.8. The molecule has 6 nitrogen and oxygen atoms in total. The number of anilines is 1. The summed E-state index contributed by atoms with van der Waals surface area (Å²) in [4.78, 5) is 20.5. The summed E-state index contributed by atoms with van der Waals surface area (Å²) in [5.74, 6) is 1.43. The predicted octanol–water partition coefficient (Wildman–Crippen LogP) is 6.21. The Morgan fingerprint density at radius 2 is 1.68 bits per heavy atom. The van der Waals surface area contributed by atoms with E-state index in [2.05, 4.69) is 15.3 Å². The van der Waals surface area contributed by atoms with Crippen LogP contribution in [0.25, 0.3) is 22.4 Å². The van der Waals surface area contributed by atoms with Crippen LogP contribution < -0.4 is 14.8 Å². The molecule has 0 aliphatic carbocycles. The standard InChI is InChI=1S/C22H14Cl3N3O3/c23-14-3-2-12(26-22(29)11-1-4-19-20(7-11)31-6-5-30-19)8-13(14)21-27-17-9-15(24)16(25)10-18(17)28-21/h1-4,7-10H,5-6H2,(H,26,29)(H,27,28). The Hall–Kier alpha value is -2.93. The Morgan fingerprint density at radius 1 is 0.903 bits per heavy atom. The van der Waals surface area contributed by atoms with Crippen LogP contribution in [0.1, 0.15) is 10.4 Å². The highest BCUT2D eigenvalue weighted by Crippen LogP contribution is 2.34. The van der Waals surface area contributed by atoms with Gasteiger partial charge in [-0.05, 0) is 48.5 Å². The lowest BCUT2D eigenvalue weighted by molar-refractivity contribution is 0.102. The number of halogens is 3. The number of aromatic nitrogens is 2. The molecule has 3 aromatic carbocycles. The van der Waals surface area contributed by atoms with E-state index in [0.717, 1.165) is 5.52 Å². The maximum absolute atomic E-state index is 12.8. The summed E-state index contributed by atoms with van der Waals surface area (Å²) in [5, 5.41) is 4.20. The van der Waals surface area contributed by atoms with E-state index in [4.69, 9.17) is 44.3 Å². The van der Waals surface area contributed by atoms with Crippen LogP contribution in [0.4, 0.5) is 5.69 Å². The number of ether oxygens (including phenoxy) is 2. The van der Waals surface area contributed by atoms with Crippen molar-refractivity contribution < 1.29 is 14.3 Å². The summed E-state index contributed by atoms with van der Waals surface area (Å²) in [7, 11) is 0. The molecule has 1 aliphatic rings. The average molecular weight is 475 g/mol. The largest absolute Gasteiger partial charge is 0.486 e. The van der Waals surface area contributed by atoms with Crippen molar-refractivity contribution in [3.8, 4) is 22.9 Å². The molecule has 31 heavy (non-hydrogen) atoms. The fourth-order valence-corrected chi connectivity index (χ4v) is 3.83. The molecular formula is C22H14Cl3N3O3. The van der Waals surface area contributed by atoms with Crippen molar-refractivity contribution in [3.63, 3.8) is 0 Å². The lowest BCUT2D eigenvalue weighted by atomic mass is 10.1. The number of rotatable bonds is 3. The molecule has 1 amide bonds. The van der Waals surface area contributed by atoms with Gasteiger partial charge in [-0.3, -0.25) is 4.79 Å². The minimum atomic E-state index is -0.284. The SMILES string of the molecule is O=C(Nc1ccc(Cl)c(-c2nc3cc(Cl)c(Cl)cc3[nH]2)c1)c1ccc2c(c1)OCCO2. The molecule has 0 fully saturated rings. The van der Waals surface area contributed by atoms with E-state index in [1.807, 2.05) is 0 Å².